The molecule has 0 heterocycles. The van der Waals surface area contributed by atoms with Gasteiger partial charge in [0.25, 0.3) is 5.69 Å². The fraction of sp³-hybridized carbons (Fsp3) is 0.600. The monoisotopic (exact) mass is 339 g/mol. The van der Waals surface area contributed by atoms with Gasteiger partial charge in [-0.1, -0.05) is 6.42 Å². The van der Waals surface area contributed by atoms with Crippen LogP contribution in [-0.4, -0.2) is 19.9 Å². The number of sulfonamides is 1. The summed E-state index contributed by atoms with van der Waals surface area (Å²) in [5.74, 6) is 2.40. The zero-order chi connectivity index (χ0) is 16.6. The van der Waals surface area contributed by atoms with Crippen LogP contribution in [0.2, 0.25) is 0 Å². The molecule has 1 aromatic rings. The van der Waals surface area contributed by atoms with Gasteiger partial charge in [-0.3, -0.25) is 10.1 Å². The van der Waals surface area contributed by atoms with E-state index in [1.54, 1.807) is 0 Å². The van der Waals surface area contributed by atoms with E-state index in [1.165, 1.54) is 37.8 Å². The molecule has 0 radical (unpaired) electrons. The van der Waals surface area contributed by atoms with E-state index < -0.39 is 14.9 Å². The van der Waals surface area contributed by atoms with Crippen LogP contribution in [0.4, 0.5) is 11.4 Å². The summed E-state index contributed by atoms with van der Waals surface area (Å²) < 4.78 is 23.3. The molecule has 2 saturated carbocycles. The Hall–Kier alpha value is -1.67. The lowest BCUT2D eigenvalue weighted by Crippen LogP contribution is -2.18. The fourth-order valence-corrected chi connectivity index (χ4v) is 4.86. The first-order valence-corrected chi connectivity index (χ1v) is 9.44. The molecule has 3 rings (SSSR count). The number of nitrogens with two attached hydrogens (primary N) is 1. The Balaban J connectivity index is 1.68. The first-order valence-electron chi connectivity index (χ1n) is 7.89. The highest BCUT2D eigenvalue weighted by atomic mass is 32.2. The third-order valence-corrected chi connectivity index (χ3v) is 6.15. The van der Waals surface area contributed by atoms with E-state index in [0.29, 0.717) is 18.2 Å². The Morgan fingerprint density at radius 2 is 2.09 bits per heavy atom. The Morgan fingerprint density at radius 3 is 2.65 bits per heavy atom. The first-order chi connectivity index (χ1) is 10.8. The Morgan fingerprint density at radius 1 is 1.30 bits per heavy atom. The molecule has 3 atom stereocenters. The Kier molecular flexibility index (Phi) is 4.29. The van der Waals surface area contributed by atoms with Gasteiger partial charge >= 0.3 is 0 Å². The van der Waals surface area contributed by atoms with Gasteiger partial charge in [0.15, 0.2) is 0 Å². The number of hydrogen-bond donors (Lipinski definition) is 2. The highest BCUT2D eigenvalue weighted by Gasteiger charge is 2.38. The molecule has 2 fully saturated rings. The number of hydrogen-bond acceptors (Lipinski definition) is 5. The Bertz CT molecular complexity index is 719. The van der Waals surface area contributed by atoms with Crippen molar-refractivity contribution in [3.63, 3.8) is 0 Å². The molecule has 2 aliphatic carbocycles. The molecule has 23 heavy (non-hydrogen) atoms. The van der Waals surface area contributed by atoms with Crippen LogP contribution in [-0.2, 0) is 10.0 Å². The lowest BCUT2D eigenvalue weighted by molar-refractivity contribution is -0.385. The van der Waals surface area contributed by atoms with E-state index in [2.05, 4.69) is 5.32 Å². The van der Waals surface area contributed by atoms with Gasteiger partial charge in [-0.2, -0.15) is 0 Å². The van der Waals surface area contributed by atoms with E-state index >= 15 is 0 Å². The molecule has 0 aliphatic heterocycles. The van der Waals surface area contributed by atoms with Crippen LogP contribution in [0, 0.1) is 27.9 Å². The summed E-state index contributed by atoms with van der Waals surface area (Å²) in [6.45, 7) is 0.647. The minimum Gasteiger partial charge on any atom is -0.384 e. The SMILES string of the molecule is NS(=O)(=O)c1cc([N+](=O)[O-])ccc1NCC[C@H]1C[C@H]2CC[C@H]1C2. The summed E-state index contributed by atoms with van der Waals surface area (Å²) in [5.41, 5.74) is 0.0499. The van der Waals surface area contributed by atoms with Crippen LogP contribution in [0.1, 0.15) is 32.1 Å². The largest absolute Gasteiger partial charge is 0.384 e. The van der Waals surface area contributed by atoms with Crippen molar-refractivity contribution in [1.82, 2.24) is 0 Å². The van der Waals surface area contributed by atoms with Crippen LogP contribution in [0.5, 0.6) is 0 Å². The Labute approximate surface area is 135 Å². The van der Waals surface area contributed by atoms with Crippen LogP contribution in [0.25, 0.3) is 0 Å². The second-order valence-corrected chi connectivity index (χ2v) is 8.16. The number of primary sulfonamides is 1. The van der Waals surface area contributed by atoms with E-state index in [0.717, 1.165) is 24.3 Å². The summed E-state index contributed by atoms with van der Waals surface area (Å²) in [6, 6.07) is 3.71. The number of nitrogens with one attached hydrogen (secondary N) is 1. The van der Waals surface area contributed by atoms with Crippen LogP contribution in [0.15, 0.2) is 23.1 Å². The van der Waals surface area contributed by atoms with Gasteiger partial charge in [0.05, 0.1) is 10.6 Å². The molecule has 0 aromatic heterocycles. The van der Waals surface area contributed by atoms with E-state index in [-0.39, 0.29) is 10.6 Å². The number of nitrogens with zero attached hydrogens (tertiary/aromatic N) is 1. The normalized spacial score (nSPS) is 26.4. The van der Waals surface area contributed by atoms with Gasteiger partial charge in [0.1, 0.15) is 4.90 Å². The quantitative estimate of drug-likeness (QED) is 0.610. The van der Waals surface area contributed by atoms with Crippen LogP contribution >= 0.6 is 0 Å². The molecule has 2 aliphatic rings. The minimum absolute atomic E-state index is 0.223. The van der Waals surface area contributed by atoms with Gasteiger partial charge in [-0.05, 0) is 49.5 Å². The van der Waals surface area contributed by atoms with Crippen molar-refractivity contribution in [2.24, 2.45) is 22.9 Å². The average molecular weight is 339 g/mol. The van der Waals surface area contributed by atoms with Gasteiger partial charge < -0.3 is 5.32 Å². The van der Waals surface area contributed by atoms with Gasteiger partial charge in [-0.25, -0.2) is 13.6 Å². The molecule has 0 amide bonds. The molecule has 2 bridgehead atoms. The van der Waals surface area contributed by atoms with Gasteiger partial charge in [-0.15, -0.1) is 0 Å². The van der Waals surface area contributed by atoms with E-state index in [4.69, 9.17) is 5.14 Å². The number of benzene rings is 1. The van der Waals surface area contributed by atoms with Crippen LogP contribution in [0.3, 0.4) is 0 Å². The third-order valence-electron chi connectivity index (χ3n) is 5.20. The second-order valence-electron chi connectivity index (χ2n) is 6.63. The van der Waals surface area contributed by atoms with Crippen molar-refractivity contribution >= 4 is 21.4 Å². The number of anilines is 1. The maximum Gasteiger partial charge on any atom is 0.270 e. The summed E-state index contributed by atoms with van der Waals surface area (Å²) in [7, 11) is -4.01. The fourth-order valence-electron chi connectivity index (χ4n) is 4.13. The molecule has 126 valence electrons. The summed E-state index contributed by atoms with van der Waals surface area (Å²) >= 11 is 0. The van der Waals surface area contributed by atoms with Crippen LogP contribution < -0.4 is 10.5 Å². The summed E-state index contributed by atoms with van der Waals surface area (Å²) in [4.78, 5) is 9.95. The van der Waals surface area contributed by atoms with Gasteiger partial charge in [0.2, 0.25) is 10.0 Å². The maximum absolute atomic E-state index is 11.7. The molecule has 1 aromatic carbocycles. The maximum atomic E-state index is 11.7. The topological polar surface area (TPSA) is 115 Å². The predicted octanol–water partition coefficient (Wildman–Crippen LogP) is 2.48. The highest BCUT2D eigenvalue weighted by Crippen LogP contribution is 2.49. The number of nitro groups is 1. The zero-order valence-electron chi connectivity index (χ0n) is 12.8. The third kappa shape index (κ3) is 3.48. The molecule has 0 saturated heterocycles. The standard InChI is InChI=1S/C15H21N3O4S/c16-23(21,22)15-9-13(18(19)20)3-4-14(15)17-6-5-12-8-10-1-2-11(12)7-10/h3-4,9-12,17H,1-2,5-8H2,(H2,16,21,22)/t10-,11-,12-/m0/s1. The molecular weight excluding hydrogens is 318 g/mol. The number of fused-ring (bicyclic) bond motifs is 2. The molecular formula is C15H21N3O4S. The van der Waals surface area contributed by atoms with Crippen molar-refractivity contribution in [3.05, 3.63) is 28.3 Å². The minimum atomic E-state index is -4.01. The van der Waals surface area contributed by atoms with Crippen molar-refractivity contribution in [3.8, 4) is 0 Å². The van der Waals surface area contributed by atoms with Crippen molar-refractivity contribution in [2.75, 3.05) is 11.9 Å². The highest BCUT2D eigenvalue weighted by molar-refractivity contribution is 7.89. The van der Waals surface area contributed by atoms with Crippen molar-refractivity contribution in [2.45, 2.75) is 37.0 Å². The van der Waals surface area contributed by atoms with E-state index in [1.807, 2.05) is 0 Å². The smallest absolute Gasteiger partial charge is 0.270 e. The molecule has 7 nitrogen and oxygen atoms in total. The molecule has 0 spiro atoms. The second kappa shape index (κ2) is 6.09. The molecule has 8 heteroatoms. The molecule has 0 unspecified atom stereocenters. The van der Waals surface area contributed by atoms with Crippen molar-refractivity contribution < 1.29 is 13.3 Å². The lowest BCUT2D eigenvalue weighted by Gasteiger charge is -2.22. The van der Waals surface area contributed by atoms with Crippen molar-refractivity contribution in [1.29, 1.82) is 0 Å². The van der Waals surface area contributed by atoms with Gasteiger partial charge in [0, 0.05) is 18.7 Å². The number of nitro benzene ring substituents is 1. The lowest BCUT2D eigenvalue weighted by atomic mass is 9.86. The number of non-ortho nitro benzene ring substituents is 1. The first kappa shape index (κ1) is 16.2. The molecule has 3 N–H and O–H groups in total. The zero-order valence-corrected chi connectivity index (χ0v) is 13.6. The predicted molar refractivity (Wildman–Crippen MR) is 86.5 cm³/mol. The average Bonchev–Trinajstić information content (AvgIpc) is 3.09. The summed E-state index contributed by atoms with van der Waals surface area (Å²) in [5, 5.41) is 19.1. The summed E-state index contributed by atoms with van der Waals surface area (Å²) in [6.07, 6.45) is 6.27. The van der Waals surface area contributed by atoms with E-state index in [9.17, 15) is 18.5 Å². The number of rotatable bonds is 6.